The van der Waals surface area contributed by atoms with E-state index in [-0.39, 0.29) is 0 Å². The average Bonchev–Trinajstić information content (AvgIpc) is 3.94. The van der Waals surface area contributed by atoms with Gasteiger partial charge in [0, 0.05) is 49.1 Å². The van der Waals surface area contributed by atoms with Gasteiger partial charge in [-0.3, -0.25) is 4.57 Å². The molecule has 8 aromatic carbocycles. The van der Waals surface area contributed by atoms with E-state index in [0.717, 1.165) is 71.6 Å². The predicted octanol–water partition coefficient (Wildman–Crippen LogP) is 13.0. The normalized spacial score (nSPS) is 11.9. The maximum absolute atomic E-state index is 6.46. The van der Waals surface area contributed by atoms with Gasteiger partial charge in [-0.25, -0.2) is 4.98 Å². The monoisotopic (exact) mass is 729 g/mol. The molecular formula is C51H31N5O. The van der Waals surface area contributed by atoms with Crippen LogP contribution in [0.25, 0.3) is 111 Å². The van der Waals surface area contributed by atoms with Gasteiger partial charge in [0.1, 0.15) is 11.2 Å². The van der Waals surface area contributed by atoms with Crippen molar-refractivity contribution in [3.05, 3.63) is 188 Å². The van der Waals surface area contributed by atoms with Gasteiger partial charge < -0.3 is 8.98 Å². The lowest BCUT2D eigenvalue weighted by molar-refractivity contribution is 0.669. The third-order valence-electron chi connectivity index (χ3n) is 11.2. The number of furan rings is 1. The number of fused-ring (bicyclic) bond motifs is 9. The van der Waals surface area contributed by atoms with Gasteiger partial charge in [0.05, 0.1) is 22.1 Å². The number of hydrogen-bond acceptors (Lipinski definition) is 4. The van der Waals surface area contributed by atoms with Crippen molar-refractivity contribution < 1.29 is 4.42 Å². The summed E-state index contributed by atoms with van der Waals surface area (Å²) in [6.45, 7) is 0. The van der Waals surface area contributed by atoms with Gasteiger partial charge in [-0.2, -0.15) is 9.97 Å². The fourth-order valence-electron chi connectivity index (χ4n) is 8.55. The highest BCUT2D eigenvalue weighted by Crippen LogP contribution is 2.39. The molecule has 4 aromatic heterocycles. The van der Waals surface area contributed by atoms with E-state index < -0.39 is 0 Å². The lowest BCUT2D eigenvalue weighted by atomic mass is 10.0. The molecule has 57 heavy (non-hydrogen) atoms. The Balaban J connectivity index is 1.05. The van der Waals surface area contributed by atoms with Gasteiger partial charge in [0.25, 0.3) is 0 Å². The lowest BCUT2D eigenvalue weighted by Gasteiger charge is -2.11. The summed E-state index contributed by atoms with van der Waals surface area (Å²) in [6, 6.07) is 65.6. The van der Waals surface area contributed by atoms with Gasteiger partial charge in [0.2, 0.25) is 5.95 Å². The van der Waals surface area contributed by atoms with Crippen LogP contribution in [-0.4, -0.2) is 24.1 Å². The van der Waals surface area contributed by atoms with Crippen LogP contribution in [-0.2, 0) is 0 Å². The number of hydrogen-bond donors (Lipinski definition) is 0. The van der Waals surface area contributed by atoms with Crippen molar-refractivity contribution in [1.29, 1.82) is 0 Å². The molecule has 0 atom stereocenters. The van der Waals surface area contributed by atoms with Crippen LogP contribution in [0.3, 0.4) is 0 Å². The highest BCUT2D eigenvalue weighted by molar-refractivity contribution is 6.12. The van der Waals surface area contributed by atoms with Crippen LogP contribution in [0, 0.1) is 0 Å². The maximum atomic E-state index is 6.46. The SMILES string of the molecule is c1ccc(-c2ccc3c(c2)c2ccccc2n3-c2ccc3oc4ccc(-c5nc(-c6ccccc6)nc(-n6c7ccccc7c7ccccc76)n5)cc4c3c2)cc1. The zero-order valence-electron chi connectivity index (χ0n) is 30.5. The van der Waals surface area contributed by atoms with Crippen LogP contribution in [0.4, 0.5) is 0 Å². The Morgan fingerprint density at radius 1 is 0.316 bits per heavy atom. The van der Waals surface area contributed by atoms with Crippen molar-refractivity contribution in [1.82, 2.24) is 24.1 Å². The Bertz CT molecular complexity index is 3470. The fraction of sp³-hybridized carbons (Fsp3) is 0. The minimum absolute atomic E-state index is 0.567. The summed E-state index contributed by atoms with van der Waals surface area (Å²) in [5.41, 5.74) is 11.3. The molecular weight excluding hydrogens is 699 g/mol. The minimum atomic E-state index is 0.567. The molecule has 0 bridgehead atoms. The first-order valence-corrected chi connectivity index (χ1v) is 19.1. The zero-order chi connectivity index (χ0) is 37.5. The predicted molar refractivity (Wildman–Crippen MR) is 232 cm³/mol. The van der Waals surface area contributed by atoms with Gasteiger partial charge in [-0.1, -0.05) is 121 Å². The molecule has 0 fully saturated rings. The van der Waals surface area contributed by atoms with Crippen LogP contribution in [0.5, 0.6) is 0 Å². The molecule has 0 unspecified atom stereocenters. The largest absolute Gasteiger partial charge is 0.456 e. The van der Waals surface area contributed by atoms with E-state index in [1.807, 2.05) is 42.5 Å². The highest BCUT2D eigenvalue weighted by atomic mass is 16.3. The van der Waals surface area contributed by atoms with E-state index in [4.69, 9.17) is 19.4 Å². The van der Waals surface area contributed by atoms with E-state index in [2.05, 4.69) is 155 Å². The molecule has 6 heteroatoms. The van der Waals surface area contributed by atoms with E-state index in [9.17, 15) is 0 Å². The van der Waals surface area contributed by atoms with Crippen LogP contribution in [0.1, 0.15) is 0 Å². The van der Waals surface area contributed by atoms with Crippen LogP contribution < -0.4 is 0 Å². The van der Waals surface area contributed by atoms with Crippen molar-refractivity contribution in [3.8, 4) is 45.5 Å². The van der Waals surface area contributed by atoms with E-state index in [0.29, 0.717) is 17.6 Å². The fourth-order valence-corrected chi connectivity index (χ4v) is 8.55. The summed E-state index contributed by atoms with van der Waals surface area (Å²) in [6.07, 6.45) is 0. The number of para-hydroxylation sites is 3. The topological polar surface area (TPSA) is 61.7 Å². The summed E-state index contributed by atoms with van der Waals surface area (Å²) in [5.74, 6) is 1.76. The molecule has 4 heterocycles. The van der Waals surface area contributed by atoms with Gasteiger partial charge in [0.15, 0.2) is 11.6 Å². The van der Waals surface area contributed by atoms with Crippen molar-refractivity contribution in [2.24, 2.45) is 0 Å². The van der Waals surface area contributed by atoms with Gasteiger partial charge in [-0.05, 0) is 77.9 Å². The molecule has 6 nitrogen and oxygen atoms in total. The molecule has 0 saturated heterocycles. The molecule has 0 N–H and O–H groups in total. The molecule has 0 radical (unpaired) electrons. The number of aromatic nitrogens is 5. The second-order valence-corrected chi connectivity index (χ2v) is 14.5. The van der Waals surface area contributed by atoms with Crippen molar-refractivity contribution in [2.45, 2.75) is 0 Å². The Hall–Kier alpha value is -7.83. The Labute approximate surface area is 326 Å². The second-order valence-electron chi connectivity index (χ2n) is 14.5. The molecule has 12 aromatic rings. The summed E-state index contributed by atoms with van der Waals surface area (Å²) in [4.78, 5) is 15.4. The summed E-state index contributed by atoms with van der Waals surface area (Å²) in [5, 5.41) is 6.76. The first-order valence-electron chi connectivity index (χ1n) is 19.1. The minimum Gasteiger partial charge on any atom is -0.456 e. The van der Waals surface area contributed by atoms with E-state index in [1.54, 1.807) is 0 Å². The number of nitrogens with zero attached hydrogens (tertiary/aromatic N) is 5. The van der Waals surface area contributed by atoms with Crippen molar-refractivity contribution >= 4 is 65.6 Å². The number of benzene rings is 8. The quantitative estimate of drug-likeness (QED) is 0.177. The highest BCUT2D eigenvalue weighted by Gasteiger charge is 2.20. The van der Waals surface area contributed by atoms with Gasteiger partial charge in [-0.15, -0.1) is 0 Å². The molecule has 0 aliphatic rings. The Kier molecular flexibility index (Phi) is 6.83. The Morgan fingerprint density at radius 2 is 0.807 bits per heavy atom. The molecule has 0 aliphatic carbocycles. The molecule has 266 valence electrons. The standard InChI is InChI=1S/C51H31N5O/c1-3-13-32(14-4-1)34-23-26-46-40(29-34)39-19-9-10-20-43(39)55(46)36-25-28-48-42(31-36)41-30-35(24-27-47(41)57-48)50-52-49(33-15-5-2-6-16-33)53-51(54-50)56-44-21-11-7-17-37(44)38-18-8-12-22-45(38)56/h1-31H. The smallest absolute Gasteiger partial charge is 0.238 e. The first kappa shape index (κ1) is 31.5. The molecule has 0 saturated carbocycles. The third kappa shape index (κ3) is 4.94. The van der Waals surface area contributed by atoms with Crippen LogP contribution in [0.2, 0.25) is 0 Å². The van der Waals surface area contributed by atoms with E-state index in [1.165, 1.54) is 21.9 Å². The zero-order valence-corrected chi connectivity index (χ0v) is 30.5. The van der Waals surface area contributed by atoms with Gasteiger partial charge >= 0.3 is 0 Å². The third-order valence-corrected chi connectivity index (χ3v) is 11.2. The first-order chi connectivity index (χ1) is 28.2. The molecule has 0 spiro atoms. The van der Waals surface area contributed by atoms with Crippen molar-refractivity contribution in [3.63, 3.8) is 0 Å². The maximum Gasteiger partial charge on any atom is 0.238 e. The second kappa shape index (κ2) is 12.3. The average molecular weight is 730 g/mol. The molecule has 12 rings (SSSR count). The summed E-state index contributed by atoms with van der Waals surface area (Å²) >= 11 is 0. The molecule has 0 amide bonds. The van der Waals surface area contributed by atoms with Crippen molar-refractivity contribution in [2.75, 3.05) is 0 Å². The van der Waals surface area contributed by atoms with E-state index >= 15 is 0 Å². The lowest BCUT2D eigenvalue weighted by Crippen LogP contribution is -2.06. The number of rotatable bonds is 5. The summed E-state index contributed by atoms with van der Waals surface area (Å²) < 4.78 is 11.0. The Morgan fingerprint density at radius 3 is 1.49 bits per heavy atom. The van der Waals surface area contributed by atoms with Crippen LogP contribution >= 0.6 is 0 Å². The van der Waals surface area contributed by atoms with Crippen LogP contribution in [0.15, 0.2) is 192 Å². The molecule has 0 aliphatic heterocycles. The summed E-state index contributed by atoms with van der Waals surface area (Å²) in [7, 11) is 0.